The summed E-state index contributed by atoms with van der Waals surface area (Å²) in [6.45, 7) is 2.01. The summed E-state index contributed by atoms with van der Waals surface area (Å²) < 4.78 is 0.642. The van der Waals surface area contributed by atoms with E-state index < -0.39 is 11.0 Å². The van der Waals surface area contributed by atoms with Gasteiger partial charge in [0.25, 0.3) is 5.69 Å². The highest BCUT2D eigenvalue weighted by Crippen LogP contribution is 2.39. The lowest BCUT2D eigenvalue weighted by molar-refractivity contribution is -0.384. The van der Waals surface area contributed by atoms with Gasteiger partial charge in [0.05, 0.1) is 11.0 Å². The number of fused-ring (bicyclic) bond motifs is 1. The number of carbonyl (C=O) groups excluding carboxylic acids is 1. The molecule has 18 heavy (non-hydrogen) atoms. The molecule has 7 heteroatoms. The van der Waals surface area contributed by atoms with Crippen LogP contribution in [0, 0.1) is 10.1 Å². The minimum absolute atomic E-state index is 0.0640. The maximum Gasteiger partial charge on any atom is 0.294 e. The predicted molar refractivity (Wildman–Crippen MR) is 70.5 cm³/mol. The molecule has 1 heterocycles. The number of amides is 1. The van der Waals surface area contributed by atoms with E-state index in [9.17, 15) is 14.9 Å². The summed E-state index contributed by atoms with van der Waals surface area (Å²) in [4.78, 5) is 23.9. The topological polar surface area (TPSA) is 89.5 Å². The summed E-state index contributed by atoms with van der Waals surface area (Å²) in [5.41, 5.74) is 6.67. The Kier molecular flexibility index (Phi) is 3.36. The van der Waals surface area contributed by atoms with Gasteiger partial charge in [-0.25, -0.2) is 0 Å². The maximum absolute atomic E-state index is 11.9. The Hall–Kier alpha value is -1.47. The quantitative estimate of drug-likeness (QED) is 0.663. The van der Waals surface area contributed by atoms with Crippen molar-refractivity contribution in [3.05, 3.63) is 32.3 Å². The molecule has 0 unspecified atom stereocenters. The van der Waals surface area contributed by atoms with Crippen molar-refractivity contribution in [3.63, 3.8) is 0 Å². The van der Waals surface area contributed by atoms with Crippen molar-refractivity contribution >= 4 is 33.2 Å². The highest BCUT2D eigenvalue weighted by atomic mass is 79.9. The molecule has 1 atom stereocenters. The van der Waals surface area contributed by atoms with E-state index in [0.717, 1.165) is 5.56 Å². The molecule has 2 rings (SSSR count). The molecule has 1 aliphatic rings. The average molecular weight is 314 g/mol. The van der Waals surface area contributed by atoms with Crippen LogP contribution in [0.5, 0.6) is 0 Å². The number of hydrogen-bond acceptors (Lipinski definition) is 4. The van der Waals surface area contributed by atoms with Gasteiger partial charge >= 0.3 is 0 Å². The van der Waals surface area contributed by atoms with E-state index in [1.54, 1.807) is 13.0 Å². The fourth-order valence-corrected chi connectivity index (χ4v) is 2.58. The summed E-state index contributed by atoms with van der Waals surface area (Å²) in [7, 11) is 0. The third-order valence-electron chi connectivity index (χ3n) is 2.86. The first-order valence-corrected chi connectivity index (χ1v) is 6.25. The van der Waals surface area contributed by atoms with Crippen LogP contribution >= 0.6 is 15.9 Å². The smallest absolute Gasteiger partial charge is 0.294 e. The van der Waals surface area contributed by atoms with Crippen LogP contribution in [0.1, 0.15) is 12.5 Å². The molecule has 0 aromatic heterocycles. The zero-order valence-electron chi connectivity index (χ0n) is 9.72. The number of nitrogens with zero attached hydrogens (tertiary/aromatic N) is 2. The van der Waals surface area contributed by atoms with Crippen molar-refractivity contribution in [2.75, 3.05) is 11.4 Å². The Bertz CT molecular complexity index is 531. The van der Waals surface area contributed by atoms with Gasteiger partial charge in [0, 0.05) is 17.1 Å². The van der Waals surface area contributed by atoms with Gasteiger partial charge in [-0.3, -0.25) is 14.9 Å². The number of nitrogens with two attached hydrogens (primary N) is 1. The summed E-state index contributed by atoms with van der Waals surface area (Å²) in [6, 6.07) is 2.54. The van der Waals surface area contributed by atoms with Crippen molar-refractivity contribution in [1.82, 2.24) is 0 Å². The van der Waals surface area contributed by atoms with Gasteiger partial charge in [-0.05, 0) is 25.0 Å². The van der Waals surface area contributed by atoms with Gasteiger partial charge in [-0.1, -0.05) is 15.9 Å². The van der Waals surface area contributed by atoms with Crippen molar-refractivity contribution in [3.8, 4) is 0 Å². The molecule has 0 aliphatic carbocycles. The van der Waals surface area contributed by atoms with E-state index in [1.807, 2.05) is 0 Å². The molecule has 0 saturated heterocycles. The highest BCUT2D eigenvalue weighted by Gasteiger charge is 2.33. The number of rotatable bonds is 2. The lowest BCUT2D eigenvalue weighted by Gasteiger charge is -2.19. The zero-order chi connectivity index (χ0) is 13.4. The summed E-state index contributed by atoms with van der Waals surface area (Å²) in [5, 5.41) is 11.1. The summed E-state index contributed by atoms with van der Waals surface area (Å²) >= 11 is 3.24. The Labute approximate surface area is 112 Å². The van der Waals surface area contributed by atoms with Gasteiger partial charge in [0.2, 0.25) is 5.91 Å². The molecule has 0 spiro atoms. The molecule has 1 aromatic rings. The van der Waals surface area contributed by atoms with Crippen LogP contribution in [0.25, 0.3) is 0 Å². The zero-order valence-corrected chi connectivity index (χ0v) is 11.3. The van der Waals surface area contributed by atoms with Crippen LogP contribution in [-0.4, -0.2) is 23.4 Å². The summed E-state index contributed by atoms with van der Waals surface area (Å²) in [5.74, 6) is -0.292. The van der Waals surface area contributed by atoms with Crippen molar-refractivity contribution in [1.29, 1.82) is 0 Å². The lowest BCUT2D eigenvalue weighted by atomic mass is 10.1. The molecule has 96 valence electrons. The van der Waals surface area contributed by atoms with E-state index in [0.29, 0.717) is 23.1 Å². The molecule has 0 saturated carbocycles. The minimum atomic E-state index is -0.667. The van der Waals surface area contributed by atoms with E-state index >= 15 is 0 Å². The molecular formula is C11H12BrN3O3. The Morgan fingerprint density at radius 1 is 1.61 bits per heavy atom. The Morgan fingerprint density at radius 3 is 2.83 bits per heavy atom. The van der Waals surface area contributed by atoms with Gasteiger partial charge in [-0.15, -0.1) is 0 Å². The average Bonchev–Trinajstić information content (AvgIpc) is 2.69. The van der Waals surface area contributed by atoms with Gasteiger partial charge in [-0.2, -0.15) is 0 Å². The number of halogens is 1. The first-order valence-electron chi connectivity index (χ1n) is 5.45. The molecule has 1 amide bonds. The second-order valence-electron chi connectivity index (χ2n) is 4.22. The van der Waals surface area contributed by atoms with Crippen LogP contribution in [0.2, 0.25) is 0 Å². The Balaban J connectivity index is 2.55. The second-order valence-corrected chi connectivity index (χ2v) is 5.13. The SMILES string of the molecule is C[C@H](N)C(=O)N1CCc2cc(Br)cc([N+](=O)[O-])c21. The van der Waals surface area contributed by atoms with Crippen LogP contribution < -0.4 is 10.6 Å². The number of anilines is 1. The minimum Gasteiger partial charge on any atom is -0.320 e. The third kappa shape index (κ3) is 2.11. The lowest BCUT2D eigenvalue weighted by Crippen LogP contribution is -2.41. The van der Waals surface area contributed by atoms with Gasteiger partial charge < -0.3 is 10.6 Å². The van der Waals surface area contributed by atoms with E-state index in [2.05, 4.69) is 15.9 Å². The molecule has 6 nitrogen and oxygen atoms in total. The number of benzene rings is 1. The van der Waals surface area contributed by atoms with Crippen LogP contribution in [-0.2, 0) is 11.2 Å². The van der Waals surface area contributed by atoms with Gasteiger partial charge in [0.15, 0.2) is 0 Å². The maximum atomic E-state index is 11.9. The normalized spacial score (nSPS) is 15.4. The largest absolute Gasteiger partial charge is 0.320 e. The molecule has 0 radical (unpaired) electrons. The van der Waals surface area contributed by atoms with E-state index in [-0.39, 0.29) is 11.6 Å². The fraction of sp³-hybridized carbons (Fsp3) is 0.364. The van der Waals surface area contributed by atoms with Gasteiger partial charge in [0.1, 0.15) is 5.69 Å². The molecule has 1 aliphatic heterocycles. The van der Waals surface area contributed by atoms with E-state index in [4.69, 9.17) is 5.73 Å². The van der Waals surface area contributed by atoms with Crippen molar-refractivity contribution in [2.45, 2.75) is 19.4 Å². The van der Waals surface area contributed by atoms with E-state index in [1.165, 1.54) is 11.0 Å². The molecule has 1 aromatic carbocycles. The number of carbonyl (C=O) groups is 1. The van der Waals surface area contributed by atoms with Crippen molar-refractivity contribution < 1.29 is 9.72 Å². The first kappa shape index (κ1) is 13.0. The monoisotopic (exact) mass is 313 g/mol. The van der Waals surface area contributed by atoms with Crippen molar-refractivity contribution in [2.24, 2.45) is 5.73 Å². The van der Waals surface area contributed by atoms with Crippen LogP contribution in [0.3, 0.4) is 0 Å². The molecular weight excluding hydrogens is 302 g/mol. The first-order chi connectivity index (χ1) is 8.41. The molecule has 0 fully saturated rings. The number of nitro benzene ring substituents is 1. The third-order valence-corrected chi connectivity index (χ3v) is 3.32. The standard InChI is InChI=1S/C11H12BrN3O3/c1-6(13)11(16)14-3-2-7-4-8(12)5-9(10(7)14)15(17)18/h4-6H,2-3,13H2,1H3/t6-/m0/s1. The molecule has 0 bridgehead atoms. The van der Waals surface area contributed by atoms with Crippen LogP contribution in [0.15, 0.2) is 16.6 Å². The fourth-order valence-electron chi connectivity index (χ4n) is 2.09. The highest BCUT2D eigenvalue weighted by molar-refractivity contribution is 9.10. The summed E-state index contributed by atoms with van der Waals surface area (Å²) in [6.07, 6.45) is 0.605. The Morgan fingerprint density at radius 2 is 2.28 bits per heavy atom. The van der Waals surface area contributed by atoms with Crippen LogP contribution in [0.4, 0.5) is 11.4 Å². The second kappa shape index (κ2) is 4.66. The number of nitro groups is 1. The molecule has 2 N–H and O–H groups in total. The predicted octanol–water partition coefficient (Wildman–Crippen LogP) is 1.59. The number of hydrogen-bond donors (Lipinski definition) is 1.